The summed E-state index contributed by atoms with van der Waals surface area (Å²) in [5, 5.41) is 8.38. The normalized spacial score (nSPS) is 13.5. The van der Waals surface area contributed by atoms with E-state index in [2.05, 4.69) is 10.3 Å². The van der Waals surface area contributed by atoms with E-state index in [1.165, 1.54) is 20.3 Å². The van der Waals surface area contributed by atoms with Crippen LogP contribution in [0.2, 0.25) is 0 Å². The highest BCUT2D eigenvalue weighted by molar-refractivity contribution is 6.05. The number of carbonyl (C=O) groups is 2. The third-order valence-electron chi connectivity index (χ3n) is 4.61. The zero-order chi connectivity index (χ0) is 21.1. The van der Waals surface area contributed by atoms with E-state index in [0.717, 1.165) is 16.7 Å². The number of methoxy groups -OCH3 is 2. The first kappa shape index (κ1) is 19.1. The monoisotopic (exact) mass is 402 g/mol. The summed E-state index contributed by atoms with van der Waals surface area (Å²) in [4.78, 5) is 26.3. The number of hydrogen-bond acceptors (Lipinski definition) is 7. The third kappa shape index (κ3) is 3.35. The van der Waals surface area contributed by atoms with Gasteiger partial charge in [0, 0.05) is 11.9 Å². The van der Waals surface area contributed by atoms with Crippen molar-refractivity contribution in [2.24, 2.45) is 0 Å². The van der Waals surface area contributed by atoms with Crippen molar-refractivity contribution in [2.75, 3.05) is 19.1 Å². The molecule has 0 atom stereocenters. The summed E-state index contributed by atoms with van der Waals surface area (Å²) in [5.41, 5.74) is 3.30. The molecule has 0 saturated carbocycles. The molecule has 0 aliphatic carbocycles. The minimum atomic E-state index is -0.655. The molecule has 150 valence electrons. The van der Waals surface area contributed by atoms with E-state index in [9.17, 15) is 9.59 Å². The average Bonchev–Trinajstić information content (AvgIpc) is 3.10. The fourth-order valence-electron chi connectivity index (χ4n) is 3.18. The molecule has 1 aromatic heterocycles. The Bertz CT molecular complexity index is 1210. The second-order valence-corrected chi connectivity index (χ2v) is 6.32. The molecule has 3 aromatic rings. The van der Waals surface area contributed by atoms with Gasteiger partial charge < -0.3 is 14.4 Å². The summed E-state index contributed by atoms with van der Waals surface area (Å²) in [7, 11) is 2.53. The van der Waals surface area contributed by atoms with Gasteiger partial charge in [-0.05, 0) is 48.6 Å². The van der Waals surface area contributed by atoms with E-state index < -0.39 is 11.9 Å². The molecule has 8 nitrogen and oxygen atoms in total. The smallest absolute Gasteiger partial charge is 0.355 e. The number of ether oxygens (including phenoxy) is 2. The van der Waals surface area contributed by atoms with Crippen molar-refractivity contribution in [3.05, 3.63) is 84.2 Å². The minimum Gasteiger partial charge on any atom is -0.465 e. The lowest BCUT2D eigenvalue weighted by molar-refractivity contribution is -0.139. The first-order valence-corrected chi connectivity index (χ1v) is 9.10. The van der Waals surface area contributed by atoms with Crippen LogP contribution in [0.3, 0.4) is 0 Å². The maximum atomic E-state index is 12.5. The van der Waals surface area contributed by atoms with Gasteiger partial charge >= 0.3 is 11.9 Å². The maximum absolute atomic E-state index is 12.5. The Hall–Kier alpha value is -4.20. The van der Waals surface area contributed by atoms with Gasteiger partial charge in [-0.3, -0.25) is 0 Å². The van der Waals surface area contributed by atoms with Gasteiger partial charge in [-0.25, -0.2) is 14.3 Å². The number of anilines is 1. The average molecular weight is 402 g/mol. The van der Waals surface area contributed by atoms with Crippen LogP contribution in [0.25, 0.3) is 16.7 Å². The van der Waals surface area contributed by atoms with Crippen molar-refractivity contribution in [3.8, 4) is 5.69 Å². The molecule has 0 unspecified atom stereocenters. The van der Waals surface area contributed by atoms with Crippen molar-refractivity contribution in [1.82, 2.24) is 15.0 Å². The standard InChI is InChI=1S/C22H18N4O4/c1-29-21(27)17-7-5-6-14-25(20(17)22(28)30-2)15-10-12-16(13-11-15)26-19-9-4-3-8-18(19)23-24-26/h3-14H,1-2H3. The third-order valence-corrected chi connectivity index (χ3v) is 4.61. The van der Waals surface area contributed by atoms with Crippen LogP contribution in [0, 0.1) is 0 Å². The molecule has 4 rings (SSSR count). The van der Waals surface area contributed by atoms with Gasteiger partial charge in [0.05, 0.1) is 31.0 Å². The Labute approximate surface area is 172 Å². The van der Waals surface area contributed by atoms with Crippen LogP contribution in [-0.4, -0.2) is 41.2 Å². The van der Waals surface area contributed by atoms with Gasteiger partial charge in [0.1, 0.15) is 11.2 Å². The molecule has 2 heterocycles. The van der Waals surface area contributed by atoms with Crippen molar-refractivity contribution in [1.29, 1.82) is 0 Å². The largest absolute Gasteiger partial charge is 0.465 e. The van der Waals surface area contributed by atoms with Gasteiger partial charge in [0.2, 0.25) is 0 Å². The Morgan fingerprint density at radius 2 is 1.57 bits per heavy atom. The molecule has 0 fully saturated rings. The maximum Gasteiger partial charge on any atom is 0.355 e. The number of allylic oxidation sites excluding steroid dienone is 2. The molecule has 0 bridgehead atoms. The second kappa shape index (κ2) is 8.04. The van der Waals surface area contributed by atoms with Gasteiger partial charge in [-0.15, -0.1) is 5.10 Å². The molecule has 0 radical (unpaired) electrons. The van der Waals surface area contributed by atoms with Crippen LogP contribution >= 0.6 is 0 Å². The molecule has 0 saturated heterocycles. The Kier molecular flexibility index (Phi) is 5.13. The first-order valence-electron chi connectivity index (χ1n) is 9.10. The SMILES string of the molecule is COC(=O)C1=C(C(=O)OC)N(c2ccc(-n3nnc4ccccc43)cc2)C=CC=C1. The number of fused-ring (bicyclic) bond motifs is 1. The Balaban J connectivity index is 1.77. The minimum absolute atomic E-state index is 0.0632. The number of benzene rings is 2. The molecule has 2 aromatic carbocycles. The summed E-state index contributed by atoms with van der Waals surface area (Å²) < 4.78 is 11.5. The van der Waals surface area contributed by atoms with Crippen LogP contribution in [0.5, 0.6) is 0 Å². The lowest BCUT2D eigenvalue weighted by Crippen LogP contribution is -2.26. The number of nitrogens with zero attached hydrogens (tertiary/aromatic N) is 4. The van der Waals surface area contributed by atoms with Crippen molar-refractivity contribution >= 4 is 28.7 Å². The van der Waals surface area contributed by atoms with Gasteiger partial charge in [0.25, 0.3) is 0 Å². The van der Waals surface area contributed by atoms with E-state index in [4.69, 9.17) is 9.47 Å². The van der Waals surface area contributed by atoms with Crippen molar-refractivity contribution in [3.63, 3.8) is 0 Å². The van der Waals surface area contributed by atoms with Crippen molar-refractivity contribution in [2.45, 2.75) is 0 Å². The summed E-state index contributed by atoms with van der Waals surface area (Å²) in [6.45, 7) is 0. The summed E-state index contributed by atoms with van der Waals surface area (Å²) in [6, 6.07) is 15.0. The number of rotatable bonds is 4. The molecular weight excluding hydrogens is 384 g/mol. The summed E-state index contributed by atoms with van der Waals surface area (Å²) in [5.74, 6) is -1.29. The van der Waals surface area contributed by atoms with Gasteiger partial charge in [0.15, 0.2) is 0 Å². The highest BCUT2D eigenvalue weighted by atomic mass is 16.5. The molecule has 30 heavy (non-hydrogen) atoms. The molecule has 0 N–H and O–H groups in total. The van der Waals surface area contributed by atoms with E-state index in [0.29, 0.717) is 5.69 Å². The molecule has 0 spiro atoms. The van der Waals surface area contributed by atoms with Crippen LogP contribution in [0.15, 0.2) is 84.2 Å². The number of carbonyl (C=O) groups excluding carboxylic acids is 2. The fourth-order valence-corrected chi connectivity index (χ4v) is 3.18. The predicted molar refractivity (Wildman–Crippen MR) is 111 cm³/mol. The molecule has 1 aliphatic heterocycles. The van der Waals surface area contributed by atoms with Crippen LogP contribution in [-0.2, 0) is 19.1 Å². The zero-order valence-corrected chi connectivity index (χ0v) is 16.4. The topological polar surface area (TPSA) is 86.6 Å². The quantitative estimate of drug-likeness (QED) is 0.620. The van der Waals surface area contributed by atoms with E-state index >= 15 is 0 Å². The second-order valence-electron chi connectivity index (χ2n) is 6.32. The number of hydrogen-bond donors (Lipinski definition) is 0. The number of para-hydroxylation sites is 1. The molecule has 8 heteroatoms. The fraction of sp³-hybridized carbons (Fsp3) is 0.0909. The van der Waals surface area contributed by atoms with Crippen LogP contribution in [0.4, 0.5) is 5.69 Å². The lowest BCUT2D eigenvalue weighted by Gasteiger charge is -2.23. The molecule has 0 amide bonds. The highest BCUT2D eigenvalue weighted by Crippen LogP contribution is 2.27. The van der Waals surface area contributed by atoms with E-state index in [1.807, 2.05) is 48.5 Å². The molecule has 1 aliphatic rings. The van der Waals surface area contributed by atoms with Crippen LogP contribution < -0.4 is 4.90 Å². The molecular formula is C22H18N4O4. The Morgan fingerprint density at radius 3 is 2.30 bits per heavy atom. The number of esters is 2. The van der Waals surface area contributed by atoms with Crippen molar-refractivity contribution < 1.29 is 19.1 Å². The van der Waals surface area contributed by atoms with Gasteiger partial charge in [-0.1, -0.05) is 23.4 Å². The Morgan fingerprint density at radius 1 is 0.867 bits per heavy atom. The first-order chi connectivity index (χ1) is 14.6. The highest BCUT2D eigenvalue weighted by Gasteiger charge is 2.27. The lowest BCUT2D eigenvalue weighted by atomic mass is 10.1. The van der Waals surface area contributed by atoms with Crippen LogP contribution in [0.1, 0.15) is 0 Å². The predicted octanol–water partition coefficient (Wildman–Crippen LogP) is 2.91. The zero-order valence-electron chi connectivity index (χ0n) is 16.4. The van der Waals surface area contributed by atoms with Gasteiger partial charge in [-0.2, -0.15) is 0 Å². The summed E-state index contributed by atoms with van der Waals surface area (Å²) in [6.07, 6.45) is 6.58. The summed E-state index contributed by atoms with van der Waals surface area (Å²) >= 11 is 0. The number of aromatic nitrogens is 3. The van der Waals surface area contributed by atoms with E-state index in [-0.39, 0.29) is 11.3 Å². The van der Waals surface area contributed by atoms with E-state index in [1.54, 1.807) is 27.9 Å².